The van der Waals surface area contributed by atoms with Gasteiger partial charge in [-0.05, 0) is 24.8 Å². The molecule has 3 heteroatoms. The molecule has 0 aromatic heterocycles. The molecule has 0 heterocycles. The van der Waals surface area contributed by atoms with Gasteiger partial charge in [0, 0.05) is 0 Å². The summed E-state index contributed by atoms with van der Waals surface area (Å²) >= 11 is 0. The number of hydrogen-bond donors (Lipinski definition) is 2. The molecular weight excluding hydrogens is 132 g/mol. The van der Waals surface area contributed by atoms with Crippen LogP contribution in [0.5, 0.6) is 0 Å². The van der Waals surface area contributed by atoms with Crippen LogP contribution in [0.2, 0.25) is 0 Å². The first-order valence-electron chi connectivity index (χ1n) is 2.94. The molecule has 0 aromatic rings. The largest absolute Gasteiger partial charge is 0.503 e. The molecule has 56 valence electrons. The minimum atomic E-state index is -1.83. The summed E-state index contributed by atoms with van der Waals surface area (Å²) in [6.45, 7) is 3.46. The summed E-state index contributed by atoms with van der Waals surface area (Å²) in [5.41, 5.74) is 2.75. The molecule has 1 rings (SSSR count). The van der Waals surface area contributed by atoms with E-state index in [2.05, 4.69) is 12.3 Å². The number of rotatable bonds is 1. The number of carboxylic acid groups (broad SMARTS) is 2. The van der Waals surface area contributed by atoms with Crippen LogP contribution in [-0.2, 0) is 0 Å². The Morgan fingerprint density at radius 1 is 1.60 bits per heavy atom. The topological polar surface area (TPSA) is 57.5 Å². The molecule has 1 saturated carbocycles. The minimum Gasteiger partial charge on any atom is -0.450 e. The first-order valence-corrected chi connectivity index (χ1v) is 2.94. The van der Waals surface area contributed by atoms with E-state index in [1.54, 1.807) is 0 Å². The van der Waals surface area contributed by atoms with Crippen molar-refractivity contribution in [3.05, 3.63) is 18.4 Å². The molecule has 0 saturated heterocycles. The molecule has 0 spiro atoms. The quantitative estimate of drug-likeness (QED) is 0.550. The summed E-state index contributed by atoms with van der Waals surface area (Å²) in [6, 6.07) is 0. The minimum absolute atomic E-state index is 0.850. The highest BCUT2D eigenvalue weighted by Crippen LogP contribution is 2.29. The van der Waals surface area contributed by atoms with Gasteiger partial charge in [-0.25, -0.2) is 4.79 Å². The van der Waals surface area contributed by atoms with E-state index in [0.29, 0.717) is 0 Å². The van der Waals surface area contributed by atoms with Crippen LogP contribution in [0.3, 0.4) is 0 Å². The SMILES string of the molecule is C=C=CC1CC1.O=C(O)O. The maximum atomic E-state index is 8.56. The monoisotopic (exact) mass is 142 g/mol. The van der Waals surface area contributed by atoms with Gasteiger partial charge in [-0.15, -0.1) is 5.73 Å². The first kappa shape index (κ1) is 8.79. The molecule has 10 heavy (non-hydrogen) atoms. The van der Waals surface area contributed by atoms with Crippen molar-refractivity contribution in [1.29, 1.82) is 0 Å². The van der Waals surface area contributed by atoms with E-state index in [-0.39, 0.29) is 0 Å². The summed E-state index contributed by atoms with van der Waals surface area (Å²) in [4.78, 5) is 8.56. The lowest BCUT2D eigenvalue weighted by Gasteiger charge is -1.64. The molecule has 0 radical (unpaired) electrons. The Hall–Kier alpha value is -1.21. The van der Waals surface area contributed by atoms with E-state index < -0.39 is 6.16 Å². The molecule has 0 aromatic carbocycles. The van der Waals surface area contributed by atoms with Crippen LogP contribution in [0, 0.1) is 5.92 Å². The molecule has 0 unspecified atom stereocenters. The second-order valence-corrected chi connectivity index (χ2v) is 1.99. The Labute approximate surface area is 59.3 Å². The van der Waals surface area contributed by atoms with E-state index in [1.807, 2.05) is 6.08 Å². The summed E-state index contributed by atoms with van der Waals surface area (Å²) < 4.78 is 0. The average molecular weight is 142 g/mol. The lowest BCUT2D eigenvalue weighted by molar-refractivity contribution is 0.137. The molecule has 1 aliphatic rings. The van der Waals surface area contributed by atoms with Crippen LogP contribution in [-0.4, -0.2) is 16.4 Å². The highest BCUT2D eigenvalue weighted by Gasteiger charge is 2.16. The van der Waals surface area contributed by atoms with Gasteiger partial charge in [0.05, 0.1) is 0 Å². The molecule has 0 atom stereocenters. The number of hydrogen-bond acceptors (Lipinski definition) is 1. The lowest BCUT2D eigenvalue weighted by atomic mass is 10.4. The predicted molar refractivity (Wildman–Crippen MR) is 37.1 cm³/mol. The van der Waals surface area contributed by atoms with Crippen molar-refractivity contribution in [2.45, 2.75) is 12.8 Å². The van der Waals surface area contributed by atoms with E-state index in [0.717, 1.165) is 5.92 Å². The van der Waals surface area contributed by atoms with Gasteiger partial charge in [0.25, 0.3) is 0 Å². The maximum absolute atomic E-state index is 8.56. The Bertz CT molecular complexity index is 148. The molecule has 0 aliphatic heterocycles. The standard InChI is InChI=1S/C6H8.CH2O3/c1-2-3-6-4-5-6;2-1(3)4/h3,6H,1,4-5H2;(H2,2,3,4). The van der Waals surface area contributed by atoms with E-state index in [9.17, 15) is 0 Å². The average Bonchev–Trinajstić information content (AvgIpc) is 2.48. The fourth-order valence-electron chi connectivity index (χ4n) is 0.430. The maximum Gasteiger partial charge on any atom is 0.503 e. The first-order chi connectivity index (χ1) is 4.66. The second kappa shape index (κ2) is 4.65. The van der Waals surface area contributed by atoms with Crippen molar-refractivity contribution in [2.24, 2.45) is 5.92 Å². The van der Waals surface area contributed by atoms with Crippen LogP contribution in [0.1, 0.15) is 12.8 Å². The number of carbonyl (C=O) groups is 1. The van der Waals surface area contributed by atoms with Crippen LogP contribution >= 0.6 is 0 Å². The lowest BCUT2D eigenvalue weighted by Crippen LogP contribution is -1.81. The zero-order valence-corrected chi connectivity index (χ0v) is 5.58. The predicted octanol–water partition coefficient (Wildman–Crippen LogP) is 1.96. The van der Waals surface area contributed by atoms with Crippen LogP contribution in [0.15, 0.2) is 18.4 Å². The molecule has 0 bridgehead atoms. The summed E-state index contributed by atoms with van der Waals surface area (Å²) in [5, 5.41) is 13.9. The molecule has 1 aliphatic carbocycles. The second-order valence-electron chi connectivity index (χ2n) is 1.99. The fraction of sp³-hybridized carbons (Fsp3) is 0.429. The van der Waals surface area contributed by atoms with Gasteiger partial charge in [0.15, 0.2) is 0 Å². The fourth-order valence-corrected chi connectivity index (χ4v) is 0.430. The van der Waals surface area contributed by atoms with Crippen molar-refractivity contribution < 1.29 is 15.0 Å². The van der Waals surface area contributed by atoms with E-state index in [4.69, 9.17) is 15.0 Å². The van der Waals surface area contributed by atoms with Crippen LogP contribution in [0.4, 0.5) is 4.79 Å². The Morgan fingerprint density at radius 2 is 2.00 bits per heavy atom. The molecule has 2 N–H and O–H groups in total. The summed E-state index contributed by atoms with van der Waals surface area (Å²) in [7, 11) is 0. The molecule has 0 amide bonds. The zero-order valence-electron chi connectivity index (χ0n) is 5.58. The van der Waals surface area contributed by atoms with Crippen molar-refractivity contribution in [1.82, 2.24) is 0 Å². The normalized spacial score (nSPS) is 14.0. The van der Waals surface area contributed by atoms with Gasteiger partial charge in [0.1, 0.15) is 0 Å². The molecular formula is C7H10O3. The molecule has 3 nitrogen and oxygen atoms in total. The Balaban J connectivity index is 0.000000180. The number of allylic oxidation sites excluding steroid dienone is 1. The van der Waals surface area contributed by atoms with Gasteiger partial charge in [-0.1, -0.05) is 6.58 Å². The van der Waals surface area contributed by atoms with Gasteiger partial charge in [-0.3, -0.25) is 0 Å². The summed E-state index contributed by atoms with van der Waals surface area (Å²) in [6.07, 6.45) is 2.94. The van der Waals surface area contributed by atoms with Gasteiger partial charge >= 0.3 is 6.16 Å². The van der Waals surface area contributed by atoms with E-state index >= 15 is 0 Å². The van der Waals surface area contributed by atoms with E-state index in [1.165, 1.54) is 12.8 Å². The highest BCUT2D eigenvalue weighted by atomic mass is 16.6. The Morgan fingerprint density at radius 3 is 2.10 bits per heavy atom. The van der Waals surface area contributed by atoms with Crippen molar-refractivity contribution in [2.75, 3.05) is 0 Å². The van der Waals surface area contributed by atoms with Gasteiger partial charge in [0.2, 0.25) is 0 Å². The third-order valence-corrected chi connectivity index (χ3v) is 0.976. The van der Waals surface area contributed by atoms with Crippen molar-refractivity contribution in [3.63, 3.8) is 0 Å². The third-order valence-electron chi connectivity index (χ3n) is 0.976. The van der Waals surface area contributed by atoms with Crippen LogP contribution in [0.25, 0.3) is 0 Å². The van der Waals surface area contributed by atoms with Gasteiger partial charge < -0.3 is 10.2 Å². The third kappa shape index (κ3) is 9.92. The van der Waals surface area contributed by atoms with Crippen molar-refractivity contribution >= 4 is 6.16 Å². The highest BCUT2D eigenvalue weighted by molar-refractivity contribution is 5.53. The smallest absolute Gasteiger partial charge is 0.450 e. The zero-order chi connectivity index (χ0) is 7.98. The molecule has 1 fully saturated rings. The van der Waals surface area contributed by atoms with Gasteiger partial charge in [-0.2, -0.15) is 0 Å². The Kier molecular flexibility index (Phi) is 4.09. The van der Waals surface area contributed by atoms with Crippen molar-refractivity contribution in [3.8, 4) is 0 Å². The summed E-state index contributed by atoms with van der Waals surface area (Å²) in [5.74, 6) is 0.850. The van der Waals surface area contributed by atoms with Crippen LogP contribution < -0.4 is 0 Å².